The van der Waals surface area contributed by atoms with Gasteiger partial charge in [-0.3, -0.25) is 14.4 Å². The van der Waals surface area contributed by atoms with Gasteiger partial charge in [-0.2, -0.15) is 5.10 Å². The van der Waals surface area contributed by atoms with Gasteiger partial charge in [0, 0.05) is 73.3 Å². The monoisotopic (exact) mass is 582 g/mol. The number of hydrogen-bond acceptors (Lipinski definition) is 6. The summed E-state index contributed by atoms with van der Waals surface area (Å²) in [5.41, 5.74) is 6.83. The molecule has 3 heterocycles. The second kappa shape index (κ2) is 12.1. The summed E-state index contributed by atoms with van der Waals surface area (Å²) in [6.45, 7) is 6.89. The molecule has 0 saturated carbocycles. The van der Waals surface area contributed by atoms with Gasteiger partial charge in [0.1, 0.15) is 0 Å². The molecule has 0 radical (unpaired) electrons. The maximum atomic E-state index is 13.4. The van der Waals surface area contributed by atoms with Crippen molar-refractivity contribution in [3.63, 3.8) is 0 Å². The van der Waals surface area contributed by atoms with E-state index in [1.807, 2.05) is 47.9 Å². The fourth-order valence-corrected chi connectivity index (χ4v) is 7.00. The molecule has 9 heteroatoms. The first-order chi connectivity index (χ1) is 20.7. The summed E-state index contributed by atoms with van der Waals surface area (Å²) in [6, 6.07) is 16.7. The van der Waals surface area contributed by atoms with Gasteiger partial charge in [-0.05, 0) is 62.2 Å². The molecule has 6 rings (SSSR count). The quantitative estimate of drug-likeness (QED) is 0.461. The van der Waals surface area contributed by atoms with Crippen molar-refractivity contribution < 1.29 is 9.59 Å². The minimum Gasteiger partial charge on any atom is -0.339 e. The molecule has 9 nitrogen and oxygen atoms in total. The highest BCUT2D eigenvalue weighted by Gasteiger charge is 2.41. The highest BCUT2D eigenvalue weighted by Crippen LogP contribution is 2.47. The molecule has 2 N–H and O–H groups in total. The van der Waals surface area contributed by atoms with Crippen LogP contribution in [0.4, 0.5) is 0 Å². The molecule has 2 aromatic carbocycles. The third-order valence-corrected chi connectivity index (χ3v) is 9.16. The van der Waals surface area contributed by atoms with Crippen molar-refractivity contribution in [3.05, 3.63) is 98.0 Å². The molecule has 226 valence electrons. The van der Waals surface area contributed by atoms with Gasteiger partial charge in [0.05, 0.1) is 5.69 Å². The van der Waals surface area contributed by atoms with Crippen molar-refractivity contribution in [2.45, 2.75) is 57.7 Å². The Morgan fingerprint density at radius 3 is 2.26 bits per heavy atom. The van der Waals surface area contributed by atoms with E-state index in [2.05, 4.69) is 58.8 Å². The summed E-state index contributed by atoms with van der Waals surface area (Å²) >= 11 is 0. The first-order valence-electron chi connectivity index (χ1n) is 15.5. The van der Waals surface area contributed by atoms with E-state index in [-0.39, 0.29) is 41.3 Å². The van der Waals surface area contributed by atoms with Crippen molar-refractivity contribution in [1.82, 2.24) is 30.2 Å². The number of aromatic nitrogens is 2. The van der Waals surface area contributed by atoms with Crippen LogP contribution in [0.3, 0.4) is 0 Å². The Bertz CT molecular complexity index is 1540. The van der Waals surface area contributed by atoms with Crippen molar-refractivity contribution in [1.29, 1.82) is 0 Å². The highest BCUT2D eigenvalue weighted by molar-refractivity contribution is 5.94. The first kappa shape index (κ1) is 29.3. The third-order valence-electron chi connectivity index (χ3n) is 9.16. The number of amides is 2. The van der Waals surface area contributed by atoms with E-state index in [1.165, 1.54) is 11.1 Å². The lowest BCUT2D eigenvalue weighted by Gasteiger charge is -2.41. The van der Waals surface area contributed by atoms with Crippen molar-refractivity contribution in [2.75, 3.05) is 40.3 Å². The van der Waals surface area contributed by atoms with Crippen LogP contribution in [0, 0.1) is 5.92 Å². The molecule has 0 spiro atoms. The van der Waals surface area contributed by atoms with Crippen molar-refractivity contribution in [3.8, 4) is 0 Å². The number of carbonyl (C=O) groups excluding carboxylic acids is 2. The average molecular weight is 583 g/mol. The fraction of sp³-hybridized carbons (Fsp3) is 0.471. The number of aromatic amines is 1. The van der Waals surface area contributed by atoms with Crippen LogP contribution in [-0.4, -0.2) is 77.0 Å². The maximum Gasteiger partial charge on any atom is 0.267 e. The van der Waals surface area contributed by atoms with Crippen LogP contribution in [-0.2, 0) is 17.8 Å². The Balaban J connectivity index is 1.30. The molecule has 3 atom stereocenters. The first-order valence-corrected chi connectivity index (χ1v) is 15.5. The van der Waals surface area contributed by atoms with E-state index in [0.717, 1.165) is 48.2 Å². The molecule has 1 aliphatic carbocycles. The van der Waals surface area contributed by atoms with Gasteiger partial charge >= 0.3 is 0 Å². The van der Waals surface area contributed by atoms with Crippen LogP contribution in [0.25, 0.3) is 0 Å². The van der Waals surface area contributed by atoms with Gasteiger partial charge in [0.15, 0.2) is 0 Å². The molecule has 0 bridgehead atoms. The molecule has 1 aromatic heterocycles. The maximum absolute atomic E-state index is 13.4. The Kier molecular flexibility index (Phi) is 8.20. The van der Waals surface area contributed by atoms with Gasteiger partial charge in [-0.15, -0.1) is 0 Å². The van der Waals surface area contributed by atoms with Crippen molar-refractivity contribution in [2.24, 2.45) is 5.92 Å². The molecule has 43 heavy (non-hydrogen) atoms. The molecule has 3 aliphatic rings. The Hall–Kier alpha value is -3.82. The number of hydrogen-bond donors (Lipinski definition) is 2. The van der Waals surface area contributed by atoms with Crippen LogP contribution >= 0.6 is 0 Å². The zero-order valence-electron chi connectivity index (χ0n) is 25.6. The number of nitrogens with one attached hydrogen (secondary N) is 2. The number of H-pyrrole nitrogens is 1. The predicted molar refractivity (Wildman–Crippen MR) is 166 cm³/mol. The summed E-state index contributed by atoms with van der Waals surface area (Å²) in [5.74, 6) is -0.0478. The number of rotatable bonds is 6. The Morgan fingerprint density at radius 2 is 1.60 bits per heavy atom. The van der Waals surface area contributed by atoms with Gasteiger partial charge in [0.2, 0.25) is 5.91 Å². The SMILES string of the molecule is CC(C)C(=O)N1CCN(C(=O)c2ccc(C3c4n[nH]c(=O)c5c4C(CCC5)NC3c3ccc(CN(C)C)cc3)cc2)CC1. The standard InChI is InChI=1S/C34H42N6O3/c1-21(2)33(42)39-16-18-40(19-17-39)34(43)25-14-12-23(13-15-25)28-30(24-10-8-22(9-11-24)20-38(3)4)35-27-7-5-6-26-29(27)31(28)36-37-32(26)41/h8-15,21,27-28,30,35H,5-7,16-20H2,1-4H3,(H,37,41). The van der Waals surface area contributed by atoms with E-state index in [4.69, 9.17) is 0 Å². The average Bonchev–Trinajstić information content (AvgIpc) is 3.02. The zero-order valence-corrected chi connectivity index (χ0v) is 25.6. The van der Waals surface area contributed by atoms with E-state index < -0.39 is 0 Å². The normalized spacial score (nSPS) is 21.7. The second-order valence-electron chi connectivity index (χ2n) is 12.8. The lowest BCUT2D eigenvalue weighted by atomic mass is 9.74. The number of nitrogens with zero attached hydrogens (tertiary/aromatic N) is 4. The molecule has 3 unspecified atom stereocenters. The summed E-state index contributed by atoms with van der Waals surface area (Å²) in [7, 11) is 4.14. The highest BCUT2D eigenvalue weighted by atomic mass is 16.2. The summed E-state index contributed by atoms with van der Waals surface area (Å²) in [5, 5.41) is 11.4. The number of benzene rings is 2. The Morgan fingerprint density at radius 1 is 0.953 bits per heavy atom. The lowest BCUT2D eigenvalue weighted by molar-refractivity contribution is -0.135. The zero-order chi connectivity index (χ0) is 30.2. The van der Waals surface area contributed by atoms with Crippen LogP contribution in [0.15, 0.2) is 53.3 Å². The van der Waals surface area contributed by atoms with Crippen molar-refractivity contribution >= 4 is 11.8 Å². The summed E-state index contributed by atoms with van der Waals surface area (Å²) in [4.78, 5) is 44.4. The van der Waals surface area contributed by atoms with Gasteiger partial charge in [0.25, 0.3) is 11.5 Å². The number of carbonyl (C=O) groups is 2. The van der Waals surface area contributed by atoms with Gasteiger partial charge < -0.3 is 20.0 Å². The Labute approximate surface area is 253 Å². The fourth-order valence-electron chi connectivity index (χ4n) is 7.00. The molecule has 2 aliphatic heterocycles. The van der Waals surface area contributed by atoms with Crippen LogP contribution in [0.1, 0.15) is 88.6 Å². The summed E-state index contributed by atoms with van der Waals surface area (Å²) in [6.07, 6.45) is 2.70. The van der Waals surface area contributed by atoms with Gasteiger partial charge in [-0.25, -0.2) is 5.10 Å². The molecule has 2 amide bonds. The summed E-state index contributed by atoms with van der Waals surface area (Å²) < 4.78 is 0. The minimum atomic E-state index is -0.130. The van der Waals surface area contributed by atoms with E-state index >= 15 is 0 Å². The molecular weight excluding hydrogens is 540 g/mol. The second-order valence-corrected chi connectivity index (χ2v) is 12.8. The third kappa shape index (κ3) is 5.76. The number of piperazine rings is 1. The topological polar surface area (TPSA) is 102 Å². The molecule has 3 aromatic rings. The molecule has 1 fully saturated rings. The van der Waals surface area contributed by atoms with Crippen LogP contribution in [0.5, 0.6) is 0 Å². The van der Waals surface area contributed by atoms with E-state index in [0.29, 0.717) is 31.7 Å². The molecule has 1 saturated heterocycles. The van der Waals surface area contributed by atoms with Crippen LogP contribution < -0.4 is 10.9 Å². The van der Waals surface area contributed by atoms with Crippen LogP contribution in [0.2, 0.25) is 0 Å². The van der Waals surface area contributed by atoms with Gasteiger partial charge in [-0.1, -0.05) is 50.2 Å². The molecular formula is C34H42N6O3. The largest absolute Gasteiger partial charge is 0.339 e. The van der Waals surface area contributed by atoms with E-state index in [9.17, 15) is 14.4 Å². The minimum absolute atomic E-state index is 0.0161. The predicted octanol–water partition coefficient (Wildman–Crippen LogP) is 3.63. The lowest BCUT2D eigenvalue weighted by Crippen LogP contribution is -2.51. The van der Waals surface area contributed by atoms with E-state index in [1.54, 1.807) is 0 Å². The smallest absolute Gasteiger partial charge is 0.267 e.